The van der Waals surface area contributed by atoms with Crippen LogP contribution in [0.4, 0.5) is 5.69 Å². The number of hydrogen-bond donors (Lipinski definition) is 1. The first kappa shape index (κ1) is 25.4. The highest BCUT2D eigenvalue weighted by molar-refractivity contribution is 8.04. The minimum atomic E-state index is -0.151. The number of carbonyl (C=O) groups excluding carboxylic acids is 2. The number of hydrogen-bond acceptors (Lipinski definition) is 4. The minimum absolute atomic E-state index is 0.0310. The van der Waals surface area contributed by atoms with E-state index in [1.807, 2.05) is 83.8 Å². The van der Waals surface area contributed by atoms with Gasteiger partial charge in [-0.2, -0.15) is 0 Å². The SMILES string of the molecule is COc1ccc(CNC(=O)c2ccc(/C=C3/Sc4ccccc4N(Cc4cccc(C)c4)C3=O)cc2)cc1. The molecule has 0 atom stereocenters. The summed E-state index contributed by atoms with van der Waals surface area (Å²) >= 11 is 1.48. The van der Waals surface area contributed by atoms with Crippen LogP contribution in [0, 0.1) is 6.92 Å². The van der Waals surface area contributed by atoms with Gasteiger partial charge in [-0.1, -0.05) is 78.0 Å². The molecule has 0 aliphatic carbocycles. The highest BCUT2D eigenvalue weighted by atomic mass is 32.2. The van der Waals surface area contributed by atoms with E-state index in [9.17, 15) is 9.59 Å². The van der Waals surface area contributed by atoms with Crippen molar-refractivity contribution in [3.05, 3.63) is 130 Å². The first-order valence-electron chi connectivity index (χ1n) is 12.4. The molecule has 1 aliphatic heterocycles. The molecule has 190 valence electrons. The second-order valence-electron chi connectivity index (χ2n) is 9.11. The van der Waals surface area contributed by atoms with Crippen LogP contribution in [0.5, 0.6) is 5.75 Å². The third-order valence-electron chi connectivity index (χ3n) is 6.34. The van der Waals surface area contributed by atoms with Crippen molar-refractivity contribution < 1.29 is 14.3 Å². The summed E-state index contributed by atoms with van der Waals surface area (Å²) in [5.41, 5.74) is 5.59. The molecule has 5 rings (SSSR count). The zero-order valence-corrected chi connectivity index (χ0v) is 22.1. The lowest BCUT2D eigenvalue weighted by atomic mass is 10.1. The second kappa shape index (κ2) is 11.4. The molecule has 0 spiro atoms. The number of fused-ring (bicyclic) bond motifs is 1. The highest BCUT2D eigenvalue weighted by Crippen LogP contribution is 2.42. The predicted molar refractivity (Wildman–Crippen MR) is 153 cm³/mol. The zero-order chi connectivity index (χ0) is 26.5. The summed E-state index contributed by atoms with van der Waals surface area (Å²) in [6.07, 6.45) is 1.89. The maximum absolute atomic E-state index is 13.6. The number of amides is 2. The summed E-state index contributed by atoms with van der Waals surface area (Å²) in [6.45, 7) is 2.98. The number of ether oxygens (including phenoxy) is 1. The van der Waals surface area contributed by atoms with Crippen LogP contribution in [0.25, 0.3) is 6.08 Å². The average Bonchev–Trinajstić information content (AvgIpc) is 2.94. The van der Waals surface area contributed by atoms with Crippen LogP contribution in [-0.4, -0.2) is 18.9 Å². The Morgan fingerprint density at radius 1 is 0.921 bits per heavy atom. The van der Waals surface area contributed by atoms with Crippen LogP contribution in [-0.2, 0) is 17.9 Å². The number of benzene rings is 4. The van der Waals surface area contributed by atoms with Gasteiger partial charge in [0.1, 0.15) is 5.75 Å². The second-order valence-corrected chi connectivity index (χ2v) is 10.2. The third-order valence-corrected chi connectivity index (χ3v) is 7.42. The van der Waals surface area contributed by atoms with Gasteiger partial charge in [0, 0.05) is 17.0 Å². The van der Waals surface area contributed by atoms with Crippen molar-refractivity contribution in [3.8, 4) is 5.75 Å². The number of thioether (sulfide) groups is 1. The van der Waals surface area contributed by atoms with Gasteiger partial charge in [0.2, 0.25) is 0 Å². The fourth-order valence-corrected chi connectivity index (χ4v) is 5.38. The van der Waals surface area contributed by atoms with Crippen molar-refractivity contribution in [2.24, 2.45) is 0 Å². The van der Waals surface area contributed by atoms with Crippen LogP contribution in [0.1, 0.15) is 32.6 Å². The molecule has 1 aliphatic rings. The van der Waals surface area contributed by atoms with Crippen LogP contribution in [0.15, 0.2) is 107 Å². The molecule has 1 heterocycles. The summed E-state index contributed by atoms with van der Waals surface area (Å²) in [5, 5.41) is 2.94. The molecule has 0 unspecified atom stereocenters. The largest absolute Gasteiger partial charge is 0.497 e. The van der Waals surface area contributed by atoms with Crippen molar-refractivity contribution in [2.75, 3.05) is 12.0 Å². The Morgan fingerprint density at radius 2 is 1.68 bits per heavy atom. The molecule has 4 aromatic rings. The number of carbonyl (C=O) groups is 2. The van der Waals surface area contributed by atoms with Gasteiger partial charge in [0.25, 0.3) is 11.8 Å². The summed E-state index contributed by atoms with van der Waals surface area (Å²) in [6, 6.07) is 31.1. The molecule has 4 aromatic carbocycles. The molecular formula is C32H28N2O3S. The molecule has 0 fully saturated rings. The minimum Gasteiger partial charge on any atom is -0.497 e. The first-order chi connectivity index (χ1) is 18.5. The van der Waals surface area contributed by atoms with Crippen molar-refractivity contribution in [1.82, 2.24) is 5.32 Å². The van der Waals surface area contributed by atoms with E-state index in [-0.39, 0.29) is 11.8 Å². The fourth-order valence-electron chi connectivity index (χ4n) is 4.32. The molecule has 0 radical (unpaired) electrons. The molecule has 0 aromatic heterocycles. The van der Waals surface area contributed by atoms with Gasteiger partial charge in [0.05, 0.1) is 24.2 Å². The summed E-state index contributed by atoms with van der Waals surface area (Å²) in [4.78, 5) is 29.8. The number of para-hydroxylation sites is 1. The molecule has 1 N–H and O–H groups in total. The Morgan fingerprint density at radius 3 is 2.42 bits per heavy atom. The maximum atomic E-state index is 13.6. The molecule has 0 bridgehead atoms. The van der Waals surface area contributed by atoms with Crippen LogP contribution < -0.4 is 15.0 Å². The monoisotopic (exact) mass is 520 g/mol. The number of aryl methyl sites for hydroxylation is 1. The third kappa shape index (κ3) is 5.82. The van der Waals surface area contributed by atoms with Crippen molar-refractivity contribution in [2.45, 2.75) is 24.9 Å². The number of anilines is 1. The number of nitrogens with one attached hydrogen (secondary N) is 1. The van der Waals surface area contributed by atoms with Crippen LogP contribution >= 0.6 is 11.8 Å². The van der Waals surface area contributed by atoms with Gasteiger partial charge >= 0.3 is 0 Å². The topological polar surface area (TPSA) is 58.6 Å². The predicted octanol–water partition coefficient (Wildman–Crippen LogP) is 6.61. The Bertz CT molecular complexity index is 1490. The summed E-state index contributed by atoms with van der Waals surface area (Å²) in [5.74, 6) is 0.596. The van der Waals surface area contributed by atoms with Gasteiger partial charge in [-0.25, -0.2) is 0 Å². The Kier molecular flexibility index (Phi) is 7.61. The van der Waals surface area contributed by atoms with Gasteiger partial charge in [0.15, 0.2) is 0 Å². The smallest absolute Gasteiger partial charge is 0.265 e. The first-order valence-corrected chi connectivity index (χ1v) is 13.2. The standard InChI is InChI=1S/C32H28N2O3S/c1-22-6-5-7-25(18-22)21-34-28-8-3-4-9-29(28)38-30(32(34)36)19-23-10-14-26(15-11-23)31(35)33-20-24-12-16-27(37-2)17-13-24/h3-19H,20-21H2,1-2H3,(H,33,35)/b30-19+. The van der Waals surface area contributed by atoms with Gasteiger partial charge < -0.3 is 15.0 Å². The van der Waals surface area contributed by atoms with E-state index >= 15 is 0 Å². The van der Waals surface area contributed by atoms with Gasteiger partial charge in [-0.05, 0) is 66.1 Å². The Hall–Kier alpha value is -4.29. The lowest BCUT2D eigenvalue weighted by Gasteiger charge is -2.30. The lowest BCUT2D eigenvalue weighted by molar-refractivity contribution is -0.114. The van der Waals surface area contributed by atoms with Gasteiger partial charge in [-0.3, -0.25) is 9.59 Å². The van der Waals surface area contributed by atoms with E-state index in [0.717, 1.165) is 33.0 Å². The number of rotatable bonds is 7. The van der Waals surface area contributed by atoms with E-state index in [2.05, 4.69) is 24.4 Å². The molecule has 38 heavy (non-hydrogen) atoms. The van der Waals surface area contributed by atoms with E-state index in [1.165, 1.54) is 17.3 Å². The quantitative estimate of drug-likeness (QED) is 0.279. The van der Waals surface area contributed by atoms with E-state index < -0.39 is 0 Å². The molecular weight excluding hydrogens is 492 g/mol. The zero-order valence-electron chi connectivity index (χ0n) is 21.3. The molecule has 0 saturated heterocycles. The van der Waals surface area contributed by atoms with Crippen molar-refractivity contribution in [3.63, 3.8) is 0 Å². The van der Waals surface area contributed by atoms with E-state index in [4.69, 9.17) is 4.74 Å². The normalized spacial score (nSPS) is 13.8. The fraction of sp³-hybridized carbons (Fsp3) is 0.125. The van der Waals surface area contributed by atoms with E-state index in [1.54, 1.807) is 19.2 Å². The number of methoxy groups -OCH3 is 1. The average molecular weight is 521 g/mol. The molecule has 6 heteroatoms. The lowest BCUT2D eigenvalue weighted by Crippen LogP contribution is -2.33. The number of nitrogens with zero attached hydrogens (tertiary/aromatic N) is 1. The summed E-state index contributed by atoms with van der Waals surface area (Å²) in [7, 11) is 1.62. The Balaban J connectivity index is 1.31. The van der Waals surface area contributed by atoms with Crippen molar-refractivity contribution >= 4 is 35.3 Å². The van der Waals surface area contributed by atoms with Gasteiger partial charge in [-0.15, -0.1) is 0 Å². The van der Waals surface area contributed by atoms with Crippen molar-refractivity contribution in [1.29, 1.82) is 0 Å². The molecule has 0 saturated carbocycles. The highest BCUT2D eigenvalue weighted by Gasteiger charge is 2.29. The Labute approximate surface area is 227 Å². The molecule has 5 nitrogen and oxygen atoms in total. The van der Waals surface area contributed by atoms with Crippen LogP contribution in [0.2, 0.25) is 0 Å². The molecule has 2 amide bonds. The van der Waals surface area contributed by atoms with Crippen LogP contribution in [0.3, 0.4) is 0 Å². The summed E-state index contributed by atoms with van der Waals surface area (Å²) < 4.78 is 5.17. The maximum Gasteiger partial charge on any atom is 0.265 e. The van der Waals surface area contributed by atoms with E-state index in [0.29, 0.717) is 23.6 Å².